The molecule has 3 N–H and O–H groups in total. The first-order chi connectivity index (χ1) is 9.97. The van der Waals surface area contributed by atoms with Crippen molar-refractivity contribution >= 4 is 28.9 Å². The van der Waals surface area contributed by atoms with Crippen molar-refractivity contribution in [3.8, 4) is 0 Å². The Labute approximate surface area is 131 Å². The average molecular weight is 314 g/mol. The molecule has 0 radical (unpaired) electrons. The van der Waals surface area contributed by atoms with Crippen LogP contribution in [0.1, 0.15) is 20.3 Å². The number of nitrogen functional groups attached to an aromatic ring is 1. The summed E-state index contributed by atoms with van der Waals surface area (Å²) in [6.07, 6.45) is 0.972. The predicted molar refractivity (Wildman–Crippen MR) is 87.7 cm³/mol. The van der Waals surface area contributed by atoms with E-state index in [9.17, 15) is 4.79 Å². The monoisotopic (exact) mass is 313 g/mol. The van der Waals surface area contributed by atoms with Gasteiger partial charge >= 0.3 is 0 Å². The highest BCUT2D eigenvalue weighted by Crippen LogP contribution is 2.24. The number of hydrogen-bond acceptors (Lipinski definition) is 4. The van der Waals surface area contributed by atoms with Gasteiger partial charge in [-0.05, 0) is 31.5 Å². The Hall–Kier alpha value is -1.30. The van der Waals surface area contributed by atoms with Crippen molar-refractivity contribution in [3.05, 3.63) is 23.2 Å². The molecular formula is C15H24ClN3O2. The molecule has 0 fully saturated rings. The average Bonchev–Trinajstić information content (AvgIpc) is 2.45. The minimum atomic E-state index is -0.0990. The molecule has 0 spiro atoms. The molecule has 1 amide bonds. The molecule has 1 aromatic carbocycles. The van der Waals surface area contributed by atoms with Crippen LogP contribution in [0.2, 0.25) is 5.02 Å². The Bertz CT molecular complexity index is 468. The van der Waals surface area contributed by atoms with Crippen molar-refractivity contribution in [2.45, 2.75) is 26.3 Å². The maximum atomic E-state index is 12.2. The van der Waals surface area contributed by atoms with Crippen molar-refractivity contribution in [2.75, 3.05) is 37.9 Å². The summed E-state index contributed by atoms with van der Waals surface area (Å²) in [4.78, 5) is 14.2. The summed E-state index contributed by atoms with van der Waals surface area (Å²) in [5, 5.41) is 3.25. The van der Waals surface area contributed by atoms with Crippen molar-refractivity contribution in [2.24, 2.45) is 0 Å². The number of ether oxygens (including phenoxy) is 1. The van der Waals surface area contributed by atoms with E-state index in [1.165, 1.54) is 0 Å². The van der Waals surface area contributed by atoms with E-state index in [0.717, 1.165) is 6.42 Å². The number of nitrogens with one attached hydrogen (secondary N) is 1. The van der Waals surface area contributed by atoms with Gasteiger partial charge in [0.15, 0.2) is 0 Å². The summed E-state index contributed by atoms with van der Waals surface area (Å²) in [5.41, 5.74) is 6.78. The van der Waals surface area contributed by atoms with Gasteiger partial charge in [0, 0.05) is 25.4 Å². The van der Waals surface area contributed by atoms with Crippen molar-refractivity contribution in [3.63, 3.8) is 0 Å². The summed E-state index contributed by atoms with van der Waals surface area (Å²) >= 11 is 6.06. The molecule has 0 saturated heterocycles. The van der Waals surface area contributed by atoms with Crippen molar-refractivity contribution in [1.82, 2.24) is 4.90 Å². The zero-order valence-electron chi connectivity index (χ0n) is 12.9. The molecular weight excluding hydrogens is 290 g/mol. The molecule has 5 nitrogen and oxygen atoms in total. The Kier molecular flexibility index (Phi) is 7.50. The van der Waals surface area contributed by atoms with Gasteiger partial charge in [-0.2, -0.15) is 0 Å². The summed E-state index contributed by atoms with van der Waals surface area (Å²) < 4.78 is 5.09. The van der Waals surface area contributed by atoms with Crippen LogP contribution in [0.5, 0.6) is 0 Å². The molecule has 118 valence electrons. The van der Waals surface area contributed by atoms with E-state index in [2.05, 4.69) is 24.1 Å². The van der Waals surface area contributed by atoms with Crippen LogP contribution >= 0.6 is 11.6 Å². The molecule has 1 rings (SSSR count). The molecule has 0 aliphatic heterocycles. The minimum absolute atomic E-state index is 0.0990. The number of carbonyl (C=O) groups excluding carboxylic acids is 1. The minimum Gasteiger partial charge on any atom is -0.399 e. The normalized spacial score (nSPS) is 12.4. The largest absolute Gasteiger partial charge is 0.399 e. The van der Waals surface area contributed by atoms with Crippen LogP contribution in [0.3, 0.4) is 0 Å². The highest BCUT2D eigenvalue weighted by molar-refractivity contribution is 6.34. The molecule has 0 aliphatic carbocycles. The van der Waals surface area contributed by atoms with Crippen LogP contribution in [-0.4, -0.2) is 43.7 Å². The quantitative estimate of drug-likeness (QED) is 0.724. The number of amides is 1. The topological polar surface area (TPSA) is 67.6 Å². The van der Waals surface area contributed by atoms with Crippen LogP contribution in [0.4, 0.5) is 11.4 Å². The number of nitrogens with two attached hydrogens (primary N) is 1. The first kappa shape index (κ1) is 17.8. The second kappa shape index (κ2) is 8.87. The first-order valence-electron chi connectivity index (χ1n) is 7.05. The summed E-state index contributed by atoms with van der Waals surface area (Å²) in [5.74, 6) is -0.0990. The van der Waals surface area contributed by atoms with Crippen LogP contribution in [-0.2, 0) is 9.53 Å². The van der Waals surface area contributed by atoms with E-state index in [1.54, 1.807) is 25.3 Å². The van der Waals surface area contributed by atoms with E-state index < -0.39 is 0 Å². The van der Waals surface area contributed by atoms with Gasteiger partial charge in [0.25, 0.3) is 0 Å². The number of anilines is 2. The number of hydrogen-bond donors (Lipinski definition) is 2. The van der Waals surface area contributed by atoms with E-state index in [0.29, 0.717) is 42.1 Å². The molecule has 0 aliphatic rings. The molecule has 0 heterocycles. The van der Waals surface area contributed by atoms with Gasteiger partial charge in [-0.3, -0.25) is 9.69 Å². The zero-order valence-corrected chi connectivity index (χ0v) is 13.6. The molecule has 1 unspecified atom stereocenters. The third-order valence-electron chi connectivity index (χ3n) is 3.41. The molecule has 6 heteroatoms. The fraction of sp³-hybridized carbons (Fsp3) is 0.533. The molecule has 0 saturated carbocycles. The van der Waals surface area contributed by atoms with Crippen molar-refractivity contribution < 1.29 is 9.53 Å². The lowest BCUT2D eigenvalue weighted by atomic mass is 10.2. The maximum absolute atomic E-state index is 12.2. The molecule has 0 bridgehead atoms. The number of rotatable bonds is 8. The number of carbonyl (C=O) groups is 1. The molecule has 0 aromatic heterocycles. The van der Waals surface area contributed by atoms with E-state index in [4.69, 9.17) is 22.1 Å². The fourth-order valence-electron chi connectivity index (χ4n) is 1.93. The van der Waals surface area contributed by atoms with Crippen LogP contribution < -0.4 is 11.1 Å². The van der Waals surface area contributed by atoms with Crippen molar-refractivity contribution in [1.29, 1.82) is 0 Å². The highest BCUT2D eigenvalue weighted by atomic mass is 35.5. The lowest BCUT2D eigenvalue weighted by molar-refractivity contribution is -0.118. The Morgan fingerprint density at radius 2 is 2.24 bits per heavy atom. The second-order valence-corrected chi connectivity index (χ2v) is 5.42. The lowest BCUT2D eigenvalue weighted by Gasteiger charge is -2.27. The van der Waals surface area contributed by atoms with Gasteiger partial charge in [-0.15, -0.1) is 0 Å². The first-order valence-corrected chi connectivity index (χ1v) is 7.43. The number of nitrogens with zero attached hydrogens (tertiary/aromatic N) is 1. The SMILES string of the molecule is CCC(C)N(CCOC)CC(=O)Nc1ccc(N)cc1Cl. The van der Waals surface area contributed by atoms with Gasteiger partial charge in [0.2, 0.25) is 5.91 Å². The molecule has 21 heavy (non-hydrogen) atoms. The van der Waals surface area contributed by atoms with Gasteiger partial charge in [0.05, 0.1) is 23.9 Å². The fourth-order valence-corrected chi connectivity index (χ4v) is 2.17. The number of halogens is 1. The highest BCUT2D eigenvalue weighted by Gasteiger charge is 2.16. The van der Waals surface area contributed by atoms with Gasteiger partial charge < -0.3 is 15.8 Å². The van der Waals surface area contributed by atoms with Gasteiger partial charge in [0.1, 0.15) is 0 Å². The number of methoxy groups -OCH3 is 1. The van der Waals surface area contributed by atoms with Crippen LogP contribution in [0.25, 0.3) is 0 Å². The van der Waals surface area contributed by atoms with Gasteiger partial charge in [-0.25, -0.2) is 0 Å². The summed E-state index contributed by atoms with van der Waals surface area (Å²) in [7, 11) is 1.66. The summed E-state index contributed by atoms with van der Waals surface area (Å²) in [6, 6.07) is 5.35. The molecule has 1 aromatic rings. The number of benzene rings is 1. The maximum Gasteiger partial charge on any atom is 0.238 e. The molecule has 1 atom stereocenters. The Morgan fingerprint density at radius 1 is 1.52 bits per heavy atom. The third kappa shape index (κ3) is 5.91. The third-order valence-corrected chi connectivity index (χ3v) is 3.72. The predicted octanol–water partition coefficient (Wildman–Crippen LogP) is 2.61. The lowest BCUT2D eigenvalue weighted by Crippen LogP contribution is -2.41. The van der Waals surface area contributed by atoms with E-state index in [-0.39, 0.29) is 5.91 Å². The van der Waals surface area contributed by atoms with Crippen LogP contribution in [0.15, 0.2) is 18.2 Å². The zero-order chi connectivity index (χ0) is 15.8. The Balaban J connectivity index is 2.64. The van der Waals surface area contributed by atoms with E-state index in [1.807, 2.05) is 0 Å². The van der Waals surface area contributed by atoms with Crippen LogP contribution in [0, 0.1) is 0 Å². The van der Waals surface area contributed by atoms with Gasteiger partial charge in [-0.1, -0.05) is 18.5 Å². The summed E-state index contributed by atoms with van der Waals surface area (Å²) in [6.45, 7) is 5.81. The second-order valence-electron chi connectivity index (χ2n) is 5.01. The standard InChI is InChI=1S/C15H24ClN3O2/c1-4-11(2)19(7-8-21-3)10-15(20)18-14-6-5-12(17)9-13(14)16/h5-6,9,11H,4,7-8,10,17H2,1-3H3,(H,18,20). The Morgan fingerprint density at radius 3 is 2.81 bits per heavy atom. The smallest absolute Gasteiger partial charge is 0.238 e. The van der Waals surface area contributed by atoms with E-state index >= 15 is 0 Å².